The first-order chi connectivity index (χ1) is 31.8. The van der Waals surface area contributed by atoms with Gasteiger partial charge >= 0.3 is 0 Å². The molecule has 4 heterocycles. The number of benzene rings is 9. The maximum Gasteiger partial charge on any atom is 0.179 e. The van der Waals surface area contributed by atoms with Crippen LogP contribution in [0, 0.1) is 0 Å². The Morgan fingerprint density at radius 2 is 0.656 bits per heavy atom. The van der Waals surface area contributed by atoms with Crippen LogP contribution in [0.2, 0.25) is 0 Å². The summed E-state index contributed by atoms with van der Waals surface area (Å²) in [6, 6.07) is 85.2. The summed E-state index contributed by atoms with van der Waals surface area (Å²) in [5, 5.41) is 12.8. The van der Waals surface area contributed by atoms with Gasteiger partial charge in [-0.15, -0.1) is 0 Å². The summed E-state index contributed by atoms with van der Waals surface area (Å²) in [7, 11) is -2.66. The van der Waals surface area contributed by atoms with Gasteiger partial charge in [0.2, 0.25) is 0 Å². The highest BCUT2D eigenvalue weighted by atomic mass is 28.3. The van der Waals surface area contributed by atoms with E-state index in [9.17, 15) is 0 Å². The Morgan fingerprint density at radius 1 is 0.266 bits per heavy atom. The van der Waals surface area contributed by atoms with E-state index in [4.69, 9.17) is 0 Å². The monoisotopic (exact) mass is 832 g/mol. The van der Waals surface area contributed by atoms with E-state index >= 15 is 0 Å². The van der Waals surface area contributed by atoms with Crippen LogP contribution in [0.15, 0.2) is 243 Å². The van der Waals surface area contributed by atoms with Gasteiger partial charge < -0.3 is 13.7 Å². The van der Waals surface area contributed by atoms with Gasteiger partial charge in [0.1, 0.15) is 0 Å². The minimum Gasteiger partial charge on any atom is -0.309 e. The molecule has 5 heteroatoms. The maximum absolute atomic E-state index is 4.56. The van der Waals surface area contributed by atoms with Crippen LogP contribution < -0.4 is 20.7 Å². The van der Waals surface area contributed by atoms with Crippen molar-refractivity contribution in [2.45, 2.75) is 0 Å². The third kappa shape index (κ3) is 5.31. The molecule has 0 aliphatic carbocycles. The van der Waals surface area contributed by atoms with E-state index in [2.05, 4.69) is 249 Å². The van der Waals surface area contributed by atoms with Crippen LogP contribution in [0.4, 0.5) is 0 Å². The first kappa shape index (κ1) is 36.4. The number of nitrogens with zero attached hydrogens (tertiary/aromatic N) is 4. The molecule has 0 N–H and O–H groups in total. The highest BCUT2D eigenvalue weighted by Crippen LogP contribution is 2.39. The van der Waals surface area contributed by atoms with Gasteiger partial charge in [0, 0.05) is 55.6 Å². The fraction of sp³-hybridized carbons (Fsp3) is 0. The Balaban J connectivity index is 0.995. The van der Waals surface area contributed by atoms with Gasteiger partial charge in [-0.2, -0.15) is 0 Å². The van der Waals surface area contributed by atoms with E-state index in [1.807, 2.05) is 12.4 Å². The predicted molar refractivity (Wildman–Crippen MR) is 271 cm³/mol. The number of hydrogen-bond donors (Lipinski definition) is 0. The van der Waals surface area contributed by atoms with E-state index in [1.54, 1.807) is 0 Å². The molecule has 13 rings (SSSR count). The Morgan fingerprint density at radius 3 is 1.23 bits per heavy atom. The number of aromatic nitrogens is 4. The third-order valence-corrected chi connectivity index (χ3v) is 18.3. The van der Waals surface area contributed by atoms with Crippen LogP contribution in [0.3, 0.4) is 0 Å². The summed E-state index contributed by atoms with van der Waals surface area (Å²) in [6.07, 6.45) is 3.87. The van der Waals surface area contributed by atoms with Crippen molar-refractivity contribution in [1.82, 2.24) is 18.7 Å². The van der Waals surface area contributed by atoms with Gasteiger partial charge in [0.25, 0.3) is 0 Å². The van der Waals surface area contributed by atoms with Gasteiger partial charge in [-0.3, -0.25) is 4.98 Å². The minimum atomic E-state index is -2.66. The highest BCUT2D eigenvalue weighted by molar-refractivity contribution is 7.19. The lowest BCUT2D eigenvalue weighted by Crippen LogP contribution is -2.74. The Bertz CT molecular complexity index is 3730. The lowest BCUT2D eigenvalue weighted by Gasteiger charge is -2.34. The van der Waals surface area contributed by atoms with Gasteiger partial charge in [-0.25, -0.2) is 0 Å². The molecule has 0 saturated carbocycles. The quantitative estimate of drug-likeness (QED) is 0.116. The summed E-state index contributed by atoms with van der Waals surface area (Å²) in [6.45, 7) is 0. The fourth-order valence-corrected chi connectivity index (χ4v) is 15.5. The molecule has 4 nitrogen and oxygen atoms in total. The van der Waals surface area contributed by atoms with Crippen LogP contribution >= 0.6 is 0 Å². The second-order valence-corrected chi connectivity index (χ2v) is 20.6. The number of para-hydroxylation sites is 3. The Labute approximate surface area is 371 Å². The van der Waals surface area contributed by atoms with E-state index in [1.165, 1.54) is 75.1 Å². The topological polar surface area (TPSA) is 27.7 Å². The molecule has 0 saturated heterocycles. The first-order valence-electron chi connectivity index (χ1n) is 22.0. The minimum absolute atomic E-state index is 1.10. The summed E-state index contributed by atoms with van der Waals surface area (Å²) in [4.78, 5) is 4.56. The van der Waals surface area contributed by atoms with E-state index in [0.717, 1.165) is 28.1 Å². The second-order valence-electron chi connectivity index (χ2n) is 16.7. The van der Waals surface area contributed by atoms with Crippen molar-refractivity contribution < 1.29 is 0 Å². The second kappa shape index (κ2) is 14.4. The molecule has 13 aromatic rings. The molecular formula is C59H40N4Si. The van der Waals surface area contributed by atoms with E-state index < -0.39 is 8.07 Å². The summed E-state index contributed by atoms with van der Waals surface area (Å²) in [5.74, 6) is 0. The molecule has 4 aromatic heterocycles. The van der Waals surface area contributed by atoms with Gasteiger partial charge in [-0.1, -0.05) is 164 Å². The van der Waals surface area contributed by atoms with E-state index in [-0.39, 0.29) is 0 Å². The van der Waals surface area contributed by atoms with E-state index in [0.29, 0.717) is 0 Å². The molecule has 0 amide bonds. The van der Waals surface area contributed by atoms with Crippen molar-refractivity contribution in [3.05, 3.63) is 243 Å². The average Bonchev–Trinajstić information content (AvgIpc) is 4.01. The summed E-state index contributed by atoms with van der Waals surface area (Å²) >= 11 is 0. The SMILES string of the molecule is c1ccc([Si](c2ccccc2)(c2ccccc2)c2ccc(-n3c4ccccc4c4cc(-n5c6ccccc6c6ccc(-n7c8ccccc8c8ccncc87)cc65)ccc43)cc2)cc1. The van der Waals surface area contributed by atoms with Crippen LogP contribution in [0.25, 0.3) is 82.5 Å². The zero-order valence-corrected chi connectivity index (χ0v) is 35.9. The standard InChI is InChI=1S/C59H40N4Si/c1-4-16-44(17-5-1)64(45-18-6-2-7-19-45,46-20-8-3-9-21-46)47-32-28-41(29-33-47)61-56-27-15-12-24-50(56)53-38-42(31-35-57(53)61)62-54-25-13-10-22-48(54)51-34-30-43(39-58(51)62)63-55-26-14-11-23-49(55)52-36-37-60-40-59(52)63/h1-40H. The number of rotatable bonds is 7. The first-order valence-corrected chi connectivity index (χ1v) is 24.0. The highest BCUT2D eigenvalue weighted by Gasteiger charge is 2.41. The van der Waals surface area contributed by atoms with Crippen molar-refractivity contribution in [3.8, 4) is 17.1 Å². The molecule has 0 spiro atoms. The fourth-order valence-electron chi connectivity index (χ4n) is 10.8. The lowest BCUT2D eigenvalue weighted by atomic mass is 10.1. The number of fused-ring (bicyclic) bond motifs is 9. The molecule has 0 unspecified atom stereocenters. The molecule has 0 fully saturated rings. The molecule has 0 aliphatic rings. The number of pyridine rings is 1. The molecule has 0 radical (unpaired) electrons. The van der Waals surface area contributed by atoms with Gasteiger partial charge in [0.15, 0.2) is 8.07 Å². The molecule has 300 valence electrons. The van der Waals surface area contributed by atoms with Crippen molar-refractivity contribution in [3.63, 3.8) is 0 Å². The zero-order valence-electron chi connectivity index (χ0n) is 34.9. The molecular weight excluding hydrogens is 793 g/mol. The maximum atomic E-state index is 4.56. The largest absolute Gasteiger partial charge is 0.309 e. The molecule has 0 bridgehead atoms. The zero-order chi connectivity index (χ0) is 42.2. The smallest absolute Gasteiger partial charge is 0.179 e. The van der Waals surface area contributed by atoms with Crippen molar-refractivity contribution >= 4 is 94.2 Å². The predicted octanol–water partition coefficient (Wildman–Crippen LogP) is 11.8. The summed E-state index contributed by atoms with van der Waals surface area (Å²) < 4.78 is 7.24. The van der Waals surface area contributed by atoms with Crippen molar-refractivity contribution in [2.24, 2.45) is 0 Å². The Hall–Kier alpha value is -8.25. The average molecular weight is 833 g/mol. The van der Waals surface area contributed by atoms with Crippen LogP contribution in [-0.2, 0) is 0 Å². The van der Waals surface area contributed by atoms with Crippen molar-refractivity contribution in [1.29, 1.82) is 0 Å². The molecule has 0 atom stereocenters. The van der Waals surface area contributed by atoms with Crippen LogP contribution in [0.5, 0.6) is 0 Å². The number of hydrogen-bond acceptors (Lipinski definition) is 1. The van der Waals surface area contributed by atoms with Gasteiger partial charge in [-0.05, 0) is 87.5 Å². The Kier molecular flexibility index (Phi) is 8.20. The normalized spacial score (nSPS) is 12.1. The van der Waals surface area contributed by atoms with Crippen molar-refractivity contribution in [2.75, 3.05) is 0 Å². The lowest BCUT2D eigenvalue weighted by molar-refractivity contribution is 1.15. The van der Waals surface area contributed by atoms with Crippen LogP contribution in [0.1, 0.15) is 0 Å². The van der Waals surface area contributed by atoms with Crippen LogP contribution in [-0.4, -0.2) is 26.8 Å². The molecule has 64 heavy (non-hydrogen) atoms. The molecule has 0 aliphatic heterocycles. The molecule has 9 aromatic carbocycles. The third-order valence-electron chi connectivity index (χ3n) is 13.5. The summed E-state index contributed by atoms with van der Waals surface area (Å²) in [5.41, 5.74) is 10.3. The van der Waals surface area contributed by atoms with Gasteiger partial charge in [0.05, 0.1) is 39.3 Å².